The van der Waals surface area contributed by atoms with Crippen molar-refractivity contribution in [1.82, 2.24) is 9.13 Å². The van der Waals surface area contributed by atoms with Gasteiger partial charge >= 0.3 is 12.1 Å². The van der Waals surface area contributed by atoms with Gasteiger partial charge in [0.2, 0.25) is 0 Å². The van der Waals surface area contributed by atoms with Crippen LogP contribution in [0.1, 0.15) is 12.0 Å². The Morgan fingerprint density at radius 1 is 1.13 bits per heavy atom. The van der Waals surface area contributed by atoms with Crippen molar-refractivity contribution < 1.29 is 32.5 Å². The molecular formula is C24H24ClF3N4O6. The Hall–Kier alpha value is -3.84. The maximum Gasteiger partial charge on any atom is 0.573 e. The first-order valence-electron chi connectivity index (χ1n) is 11.3. The molecule has 38 heavy (non-hydrogen) atoms. The normalized spacial score (nSPS) is 14.7. The van der Waals surface area contributed by atoms with Crippen molar-refractivity contribution in [2.24, 2.45) is 7.05 Å². The summed E-state index contributed by atoms with van der Waals surface area (Å²) in [6, 6.07) is 9.93. The lowest BCUT2D eigenvalue weighted by molar-refractivity contribution is -0.274. The number of anilines is 2. The predicted molar refractivity (Wildman–Crippen MR) is 133 cm³/mol. The van der Waals surface area contributed by atoms with Crippen molar-refractivity contribution >= 4 is 23.1 Å². The highest BCUT2D eigenvalue weighted by Crippen LogP contribution is 2.35. The average Bonchev–Trinajstić information content (AvgIpc) is 3.20. The first kappa shape index (κ1) is 27.2. The number of fused-ring (bicyclic) bond motifs is 1. The molecule has 0 bridgehead atoms. The number of alkyl halides is 3. The Bertz CT molecular complexity index is 1440. The standard InChI is InChI=1S/C24H24ClF3N4O6/c1-30-20-19(21(34)31(23(30)35)9-4-10-33)32(13-14-7-8-17(25)18(11-14)36-2)22(29-20)37-15-5-3-6-16(12-15)38-24(26,27)28/h3,5-8,11-12,22,29,33H,4,9-10,13H2,1-2H3. The summed E-state index contributed by atoms with van der Waals surface area (Å²) >= 11 is 6.14. The number of rotatable bonds is 9. The van der Waals surface area contributed by atoms with Crippen LogP contribution in [0.25, 0.3) is 0 Å². The second-order valence-corrected chi connectivity index (χ2v) is 8.71. The number of halogens is 4. The molecule has 1 aliphatic heterocycles. The molecule has 0 radical (unpaired) electrons. The van der Waals surface area contributed by atoms with Crippen molar-refractivity contribution in [2.45, 2.75) is 32.2 Å². The zero-order valence-electron chi connectivity index (χ0n) is 20.3. The van der Waals surface area contributed by atoms with Gasteiger partial charge in [0.1, 0.15) is 28.8 Å². The van der Waals surface area contributed by atoms with Gasteiger partial charge < -0.3 is 29.5 Å². The molecule has 1 atom stereocenters. The average molecular weight is 557 g/mol. The number of benzene rings is 2. The lowest BCUT2D eigenvalue weighted by atomic mass is 10.2. The van der Waals surface area contributed by atoms with Crippen LogP contribution in [0, 0.1) is 0 Å². The molecule has 10 nitrogen and oxygen atoms in total. The van der Waals surface area contributed by atoms with Gasteiger partial charge in [-0.2, -0.15) is 0 Å². The molecule has 0 amide bonds. The topological polar surface area (TPSA) is 107 Å². The largest absolute Gasteiger partial charge is 0.573 e. The molecule has 14 heteroatoms. The molecule has 0 spiro atoms. The van der Waals surface area contributed by atoms with E-state index in [1.54, 1.807) is 18.2 Å². The van der Waals surface area contributed by atoms with Gasteiger partial charge in [0, 0.05) is 32.8 Å². The van der Waals surface area contributed by atoms with Gasteiger partial charge in [0.25, 0.3) is 11.9 Å². The highest BCUT2D eigenvalue weighted by molar-refractivity contribution is 6.32. The summed E-state index contributed by atoms with van der Waals surface area (Å²) in [5.74, 6) is 0.0836. The SMILES string of the molecule is COc1cc(CN2c3c(n(C)c(=O)n(CCCO)c3=O)NC2Oc2cccc(OC(F)(F)F)c2)ccc1Cl. The van der Waals surface area contributed by atoms with Gasteiger partial charge in [-0.15, -0.1) is 13.2 Å². The summed E-state index contributed by atoms with van der Waals surface area (Å²) in [5, 5.41) is 12.6. The monoisotopic (exact) mass is 556 g/mol. The molecule has 1 aliphatic rings. The summed E-state index contributed by atoms with van der Waals surface area (Å²) in [4.78, 5) is 27.9. The maximum atomic E-state index is 13.5. The fourth-order valence-corrected chi connectivity index (χ4v) is 4.24. The van der Waals surface area contributed by atoms with Crippen LogP contribution in [-0.2, 0) is 20.1 Å². The molecule has 2 aromatic carbocycles. The van der Waals surface area contributed by atoms with Crippen LogP contribution in [0.4, 0.5) is 24.7 Å². The van der Waals surface area contributed by atoms with E-state index in [9.17, 15) is 27.9 Å². The number of nitrogens with zero attached hydrogens (tertiary/aromatic N) is 3. The number of aliphatic hydroxyl groups is 1. The maximum absolute atomic E-state index is 13.5. The minimum Gasteiger partial charge on any atom is -0.495 e. The third-order valence-corrected chi connectivity index (χ3v) is 6.06. The molecule has 1 unspecified atom stereocenters. The zero-order valence-corrected chi connectivity index (χ0v) is 21.0. The summed E-state index contributed by atoms with van der Waals surface area (Å²) < 4.78 is 55.6. The van der Waals surface area contributed by atoms with E-state index in [1.165, 1.54) is 35.8 Å². The van der Waals surface area contributed by atoms with Gasteiger partial charge in [-0.25, -0.2) is 4.79 Å². The quantitative estimate of drug-likeness (QED) is 0.414. The van der Waals surface area contributed by atoms with Crippen LogP contribution >= 0.6 is 11.6 Å². The van der Waals surface area contributed by atoms with Crippen molar-refractivity contribution in [2.75, 3.05) is 23.9 Å². The number of hydrogen-bond acceptors (Lipinski definition) is 8. The van der Waals surface area contributed by atoms with Gasteiger partial charge in [-0.05, 0) is 36.2 Å². The minimum absolute atomic E-state index is 0.0136. The summed E-state index contributed by atoms with van der Waals surface area (Å²) in [7, 11) is 2.92. The number of methoxy groups -OCH3 is 1. The lowest BCUT2D eigenvalue weighted by Gasteiger charge is -2.27. The smallest absolute Gasteiger partial charge is 0.495 e. The van der Waals surface area contributed by atoms with Crippen LogP contribution < -0.4 is 35.7 Å². The first-order valence-corrected chi connectivity index (χ1v) is 11.7. The zero-order chi connectivity index (χ0) is 27.6. The lowest BCUT2D eigenvalue weighted by Crippen LogP contribution is -2.43. The fraction of sp³-hybridized carbons (Fsp3) is 0.333. The highest BCUT2D eigenvalue weighted by atomic mass is 35.5. The number of ether oxygens (including phenoxy) is 3. The number of hydrogen-bond donors (Lipinski definition) is 2. The van der Waals surface area contributed by atoms with Crippen LogP contribution in [-0.4, -0.2) is 40.7 Å². The molecule has 3 aromatic rings. The van der Waals surface area contributed by atoms with Crippen molar-refractivity contribution in [3.8, 4) is 17.2 Å². The van der Waals surface area contributed by atoms with Crippen LogP contribution in [0.5, 0.6) is 17.2 Å². The number of aliphatic hydroxyl groups excluding tert-OH is 1. The molecule has 4 rings (SSSR count). The summed E-state index contributed by atoms with van der Waals surface area (Å²) in [6.45, 7) is -0.161. The highest BCUT2D eigenvalue weighted by Gasteiger charge is 2.37. The molecule has 0 fully saturated rings. The van der Waals surface area contributed by atoms with Gasteiger partial charge in [0.15, 0.2) is 0 Å². The van der Waals surface area contributed by atoms with Crippen LogP contribution in [0.3, 0.4) is 0 Å². The third kappa shape index (κ3) is 5.68. The molecule has 1 aromatic heterocycles. The molecular weight excluding hydrogens is 533 g/mol. The van der Waals surface area contributed by atoms with Crippen molar-refractivity contribution in [1.29, 1.82) is 0 Å². The van der Waals surface area contributed by atoms with E-state index in [4.69, 9.17) is 21.1 Å². The Kier molecular flexibility index (Phi) is 7.78. The third-order valence-electron chi connectivity index (χ3n) is 5.75. The van der Waals surface area contributed by atoms with E-state index in [-0.39, 0.29) is 43.4 Å². The molecule has 2 N–H and O–H groups in total. The van der Waals surface area contributed by atoms with Crippen LogP contribution in [0.15, 0.2) is 52.1 Å². The number of aromatic nitrogens is 2. The van der Waals surface area contributed by atoms with E-state index >= 15 is 0 Å². The molecule has 0 aliphatic carbocycles. The van der Waals surface area contributed by atoms with Gasteiger partial charge in [-0.3, -0.25) is 13.9 Å². The van der Waals surface area contributed by atoms with Crippen molar-refractivity contribution in [3.05, 3.63) is 73.9 Å². The molecule has 2 heterocycles. The predicted octanol–water partition coefficient (Wildman–Crippen LogP) is 3.28. The molecule has 0 saturated carbocycles. The van der Waals surface area contributed by atoms with Gasteiger partial charge in [-0.1, -0.05) is 23.7 Å². The second-order valence-electron chi connectivity index (χ2n) is 8.31. The van der Waals surface area contributed by atoms with E-state index in [1.807, 2.05) is 0 Å². The van der Waals surface area contributed by atoms with E-state index < -0.39 is 29.7 Å². The van der Waals surface area contributed by atoms with Gasteiger partial charge in [0.05, 0.1) is 12.1 Å². The Labute approximate surface area is 219 Å². The Morgan fingerprint density at radius 2 is 1.87 bits per heavy atom. The molecule has 0 saturated heterocycles. The van der Waals surface area contributed by atoms with E-state index in [2.05, 4.69) is 10.1 Å². The Balaban J connectivity index is 1.77. The second kappa shape index (κ2) is 10.9. The van der Waals surface area contributed by atoms with E-state index in [0.29, 0.717) is 16.3 Å². The summed E-state index contributed by atoms with van der Waals surface area (Å²) in [5.41, 5.74) is -0.459. The molecule has 204 valence electrons. The van der Waals surface area contributed by atoms with E-state index in [0.717, 1.165) is 16.7 Å². The first-order chi connectivity index (χ1) is 18.0. The fourth-order valence-electron chi connectivity index (χ4n) is 4.04. The minimum atomic E-state index is -4.89. The Morgan fingerprint density at radius 3 is 2.55 bits per heavy atom. The summed E-state index contributed by atoms with van der Waals surface area (Å²) in [6.07, 6.45) is -5.81. The van der Waals surface area contributed by atoms with Crippen molar-refractivity contribution in [3.63, 3.8) is 0 Å². The van der Waals surface area contributed by atoms with Crippen LogP contribution in [0.2, 0.25) is 5.02 Å². The number of nitrogens with one attached hydrogen (secondary N) is 1.